The number of benzene rings is 1. The van der Waals surface area contributed by atoms with Crippen LogP contribution in [-0.2, 0) is 17.9 Å². The van der Waals surface area contributed by atoms with E-state index >= 15 is 0 Å². The number of carbonyl (C=O) groups excluding carboxylic acids is 1. The number of carbonyl (C=O) groups is 1. The second-order valence-electron chi connectivity index (χ2n) is 7.05. The van der Waals surface area contributed by atoms with Crippen molar-refractivity contribution >= 4 is 5.91 Å². The van der Waals surface area contributed by atoms with E-state index in [9.17, 15) is 9.18 Å². The van der Waals surface area contributed by atoms with Gasteiger partial charge < -0.3 is 9.47 Å². The van der Waals surface area contributed by atoms with Gasteiger partial charge in [-0.05, 0) is 44.5 Å². The highest BCUT2D eigenvalue weighted by Gasteiger charge is 2.27. The van der Waals surface area contributed by atoms with E-state index in [2.05, 4.69) is 16.5 Å². The van der Waals surface area contributed by atoms with Crippen LogP contribution in [0, 0.1) is 5.82 Å². The Kier molecular flexibility index (Phi) is 6.04. The second-order valence-corrected chi connectivity index (χ2v) is 7.05. The number of imidazole rings is 1. The molecule has 0 N–H and O–H groups in total. The molecular formula is C20H27FN4O. The van der Waals surface area contributed by atoms with Crippen molar-refractivity contribution in [3.8, 4) is 0 Å². The summed E-state index contributed by atoms with van der Waals surface area (Å²) in [5.74, 6) is 1.31. The third-order valence-corrected chi connectivity index (χ3v) is 5.00. The highest BCUT2D eigenvalue weighted by molar-refractivity contribution is 5.78. The first-order valence-electron chi connectivity index (χ1n) is 9.28. The van der Waals surface area contributed by atoms with E-state index < -0.39 is 0 Å². The molecule has 1 aliphatic heterocycles. The second kappa shape index (κ2) is 8.45. The molecule has 26 heavy (non-hydrogen) atoms. The topological polar surface area (TPSA) is 41.4 Å². The van der Waals surface area contributed by atoms with Crippen molar-refractivity contribution < 1.29 is 9.18 Å². The van der Waals surface area contributed by atoms with Gasteiger partial charge in [0.25, 0.3) is 0 Å². The van der Waals surface area contributed by atoms with Crippen LogP contribution in [0.15, 0.2) is 36.7 Å². The molecule has 1 aromatic heterocycles. The summed E-state index contributed by atoms with van der Waals surface area (Å²) in [4.78, 5) is 21.2. The minimum Gasteiger partial charge on any atom is -0.341 e. The van der Waals surface area contributed by atoms with Gasteiger partial charge in [0.05, 0.1) is 6.54 Å². The van der Waals surface area contributed by atoms with Crippen LogP contribution in [0.25, 0.3) is 0 Å². The van der Waals surface area contributed by atoms with Crippen molar-refractivity contribution in [1.29, 1.82) is 0 Å². The largest absolute Gasteiger partial charge is 0.341 e. The van der Waals surface area contributed by atoms with Gasteiger partial charge in [0.1, 0.15) is 11.6 Å². The molecule has 0 unspecified atom stereocenters. The highest BCUT2D eigenvalue weighted by Crippen LogP contribution is 2.26. The number of aromatic nitrogens is 2. The Morgan fingerprint density at radius 2 is 2.12 bits per heavy atom. The Hall–Kier alpha value is -2.21. The van der Waals surface area contributed by atoms with Gasteiger partial charge in [-0.2, -0.15) is 0 Å². The van der Waals surface area contributed by atoms with Crippen molar-refractivity contribution in [3.63, 3.8) is 0 Å². The number of rotatable bonds is 6. The summed E-state index contributed by atoms with van der Waals surface area (Å²) in [6, 6.07) is 6.43. The highest BCUT2D eigenvalue weighted by atomic mass is 19.1. The van der Waals surface area contributed by atoms with E-state index in [1.165, 1.54) is 12.1 Å². The number of hydrogen-bond acceptors (Lipinski definition) is 3. The Balaban J connectivity index is 1.56. The molecule has 6 heteroatoms. The van der Waals surface area contributed by atoms with Gasteiger partial charge in [-0.3, -0.25) is 9.69 Å². The summed E-state index contributed by atoms with van der Waals surface area (Å²) in [7, 11) is 1.92. The molecule has 1 atom stereocenters. The number of nitrogens with zero attached hydrogens (tertiary/aromatic N) is 4. The van der Waals surface area contributed by atoms with Gasteiger partial charge in [-0.1, -0.05) is 12.1 Å². The molecule has 0 aliphatic carbocycles. The summed E-state index contributed by atoms with van der Waals surface area (Å²) in [6.07, 6.45) is 5.93. The molecule has 3 rings (SSSR count). The molecule has 5 nitrogen and oxygen atoms in total. The van der Waals surface area contributed by atoms with Crippen molar-refractivity contribution in [1.82, 2.24) is 19.4 Å². The quantitative estimate of drug-likeness (QED) is 0.797. The molecular weight excluding hydrogens is 331 g/mol. The first kappa shape index (κ1) is 18.6. The molecule has 0 radical (unpaired) electrons. The number of likely N-dealkylation sites (N-methyl/N-ethyl adjacent to an activating group) is 1. The first-order valence-corrected chi connectivity index (χ1v) is 9.28. The van der Waals surface area contributed by atoms with Gasteiger partial charge in [0.2, 0.25) is 5.91 Å². The van der Waals surface area contributed by atoms with Crippen molar-refractivity contribution in [2.75, 3.05) is 26.7 Å². The van der Waals surface area contributed by atoms with Crippen molar-refractivity contribution in [3.05, 3.63) is 53.9 Å². The number of amides is 1. The molecule has 0 bridgehead atoms. The van der Waals surface area contributed by atoms with E-state index in [4.69, 9.17) is 0 Å². The van der Waals surface area contributed by atoms with Gasteiger partial charge in [-0.25, -0.2) is 9.37 Å². The lowest BCUT2D eigenvalue weighted by Gasteiger charge is -2.33. The number of hydrogen-bond donors (Lipinski definition) is 0. The molecule has 0 spiro atoms. The zero-order valence-corrected chi connectivity index (χ0v) is 15.6. The third kappa shape index (κ3) is 4.49. The molecule has 1 saturated heterocycles. The Bertz CT molecular complexity index is 728. The average Bonchev–Trinajstić information content (AvgIpc) is 3.12. The lowest BCUT2D eigenvalue weighted by molar-refractivity contribution is -0.133. The predicted molar refractivity (Wildman–Crippen MR) is 99.2 cm³/mol. The summed E-state index contributed by atoms with van der Waals surface area (Å²) in [5.41, 5.74) is 1.00. The fourth-order valence-electron chi connectivity index (χ4n) is 3.65. The molecule has 2 aromatic rings. The minimum absolute atomic E-state index is 0.147. The number of aryl methyl sites for hydroxylation is 1. The maximum absolute atomic E-state index is 13.0. The fourth-order valence-corrected chi connectivity index (χ4v) is 3.65. The molecule has 0 saturated carbocycles. The zero-order chi connectivity index (χ0) is 18.5. The van der Waals surface area contributed by atoms with Gasteiger partial charge >= 0.3 is 0 Å². The van der Waals surface area contributed by atoms with Crippen LogP contribution in [-0.4, -0.2) is 51.9 Å². The van der Waals surface area contributed by atoms with Gasteiger partial charge in [-0.15, -0.1) is 0 Å². The van der Waals surface area contributed by atoms with Crippen LogP contribution in [0.1, 0.15) is 37.1 Å². The molecule has 2 heterocycles. The lowest BCUT2D eigenvalue weighted by Crippen LogP contribution is -2.44. The SMILES string of the molecule is CCn1ccnc1[C@@H]1CCCN(C(=O)CN(C)Cc2ccc(F)cc2)C1. The van der Waals surface area contributed by atoms with Gasteiger partial charge in [0.15, 0.2) is 0 Å². The van der Waals surface area contributed by atoms with E-state index in [-0.39, 0.29) is 11.7 Å². The number of piperidine rings is 1. The number of likely N-dealkylation sites (tertiary alicyclic amines) is 1. The molecule has 140 valence electrons. The summed E-state index contributed by atoms with van der Waals surface area (Å²) in [6.45, 7) is 5.56. The molecule has 1 aromatic carbocycles. The monoisotopic (exact) mass is 358 g/mol. The minimum atomic E-state index is -0.239. The van der Waals surface area contributed by atoms with E-state index in [0.29, 0.717) is 19.0 Å². The summed E-state index contributed by atoms with van der Waals surface area (Å²) < 4.78 is 15.2. The van der Waals surface area contributed by atoms with Crippen LogP contribution in [0.3, 0.4) is 0 Å². The van der Waals surface area contributed by atoms with E-state index in [1.54, 1.807) is 12.1 Å². The molecule has 1 amide bonds. The molecule has 1 fully saturated rings. The van der Waals surface area contributed by atoms with E-state index in [0.717, 1.165) is 43.9 Å². The van der Waals surface area contributed by atoms with Crippen LogP contribution < -0.4 is 0 Å². The lowest BCUT2D eigenvalue weighted by atomic mass is 9.97. The normalized spacial score (nSPS) is 17.7. The Labute approximate surface area is 154 Å². The summed E-state index contributed by atoms with van der Waals surface area (Å²) in [5, 5.41) is 0. The van der Waals surface area contributed by atoms with Crippen LogP contribution >= 0.6 is 0 Å². The van der Waals surface area contributed by atoms with Crippen LogP contribution in [0.5, 0.6) is 0 Å². The Morgan fingerprint density at radius 1 is 1.35 bits per heavy atom. The van der Waals surface area contributed by atoms with Crippen molar-refractivity contribution in [2.45, 2.75) is 38.8 Å². The third-order valence-electron chi connectivity index (χ3n) is 5.00. The summed E-state index contributed by atoms with van der Waals surface area (Å²) >= 11 is 0. The zero-order valence-electron chi connectivity index (χ0n) is 15.6. The van der Waals surface area contributed by atoms with Crippen LogP contribution in [0.4, 0.5) is 4.39 Å². The first-order chi connectivity index (χ1) is 12.6. The van der Waals surface area contributed by atoms with Gasteiger partial charge in [0, 0.05) is 44.5 Å². The van der Waals surface area contributed by atoms with Crippen molar-refractivity contribution in [2.24, 2.45) is 0 Å². The Morgan fingerprint density at radius 3 is 2.85 bits per heavy atom. The van der Waals surface area contributed by atoms with E-state index in [1.807, 2.05) is 29.2 Å². The van der Waals surface area contributed by atoms with Crippen LogP contribution in [0.2, 0.25) is 0 Å². The molecule has 1 aliphatic rings. The smallest absolute Gasteiger partial charge is 0.236 e. The average molecular weight is 358 g/mol. The standard InChI is InChI=1S/C20H27FN4O/c1-3-24-12-10-22-20(24)17-5-4-11-25(14-17)19(26)15-23(2)13-16-6-8-18(21)9-7-16/h6-10,12,17H,3-5,11,13-15H2,1-2H3/t17-/m1/s1. The maximum Gasteiger partial charge on any atom is 0.236 e. The number of halogens is 1. The predicted octanol–water partition coefficient (Wildman–Crippen LogP) is 2.88. The fraction of sp³-hybridized carbons (Fsp3) is 0.500. The maximum atomic E-state index is 13.0.